The van der Waals surface area contributed by atoms with Crippen molar-refractivity contribution in [3.8, 4) is 6.07 Å². The van der Waals surface area contributed by atoms with E-state index in [0.717, 1.165) is 23.0 Å². The van der Waals surface area contributed by atoms with Crippen LogP contribution in [0.4, 0.5) is 4.39 Å². The Balaban J connectivity index is 0.00000114. The molecule has 0 unspecified atom stereocenters. The lowest BCUT2D eigenvalue weighted by atomic mass is 9.86. The average Bonchev–Trinajstić information content (AvgIpc) is 3.24. The van der Waals surface area contributed by atoms with E-state index in [9.17, 15) is 14.4 Å². The van der Waals surface area contributed by atoms with E-state index in [1.54, 1.807) is 19.2 Å². The number of halogens is 1. The van der Waals surface area contributed by atoms with Gasteiger partial charge in [0.15, 0.2) is 0 Å². The molecule has 0 aromatic heterocycles. The average molecular weight is 437 g/mol. The van der Waals surface area contributed by atoms with Crippen LogP contribution in [-0.2, 0) is 23.3 Å². The Hall–Kier alpha value is -3.70. The Morgan fingerprint density at radius 3 is 2.53 bits per heavy atom. The van der Waals surface area contributed by atoms with E-state index in [0.29, 0.717) is 24.2 Å². The Kier molecular flexibility index (Phi) is 8.50. The zero-order chi connectivity index (χ0) is 23.7. The molecule has 168 valence electrons. The molecule has 0 saturated heterocycles. The van der Waals surface area contributed by atoms with Gasteiger partial charge in [0, 0.05) is 24.9 Å². The van der Waals surface area contributed by atoms with Crippen molar-refractivity contribution < 1.29 is 9.18 Å². The van der Waals surface area contributed by atoms with Crippen LogP contribution in [-0.4, -0.2) is 23.8 Å². The first-order chi connectivity index (χ1) is 15.2. The van der Waals surface area contributed by atoms with E-state index < -0.39 is 5.41 Å². The lowest BCUT2D eigenvalue weighted by Gasteiger charge is -2.18. The molecule has 1 aliphatic rings. The minimum atomic E-state index is -0.518. The predicted molar refractivity (Wildman–Crippen MR) is 123 cm³/mol. The van der Waals surface area contributed by atoms with Gasteiger partial charge in [0.2, 0.25) is 5.91 Å². The molecule has 1 aliphatic heterocycles. The summed E-state index contributed by atoms with van der Waals surface area (Å²) in [6.07, 6.45) is 2.54. The van der Waals surface area contributed by atoms with Crippen LogP contribution in [0.3, 0.4) is 0 Å². The monoisotopic (exact) mass is 436 g/mol. The summed E-state index contributed by atoms with van der Waals surface area (Å²) in [7, 11) is 0. The number of nitrogens with zero attached hydrogens (tertiary/aromatic N) is 2. The Labute approximate surface area is 188 Å². The van der Waals surface area contributed by atoms with Gasteiger partial charge in [-0.25, -0.2) is 9.82 Å². The van der Waals surface area contributed by atoms with Gasteiger partial charge < -0.3 is 16.1 Å². The molecule has 0 atom stereocenters. The molecule has 7 nitrogen and oxygen atoms in total. The van der Waals surface area contributed by atoms with Gasteiger partial charge in [0.1, 0.15) is 5.82 Å². The lowest BCUT2D eigenvalue weighted by molar-refractivity contribution is -0.117. The van der Waals surface area contributed by atoms with Crippen molar-refractivity contribution in [1.29, 1.82) is 10.7 Å². The molecule has 8 heteroatoms. The first-order valence-electron chi connectivity index (χ1n) is 10.2. The third-order valence-corrected chi connectivity index (χ3v) is 5.07. The second kappa shape index (κ2) is 11.1. The molecule has 2 aromatic rings. The van der Waals surface area contributed by atoms with Crippen molar-refractivity contribution >= 4 is 12.2 Å². The number of rotatable bonds is 6. The molecular formula is C24H29FN6O. The summed E-state index contributed by atoms with van der Waals surface area (Å²) in [6.45, 7) is 6.81. The van der Waals surface area contributed by atoms with E-state index in [-0.39, 0.29) is 18.3 Å². The maximum atomic E-state index is 13.6. The highest BCUT2D eigenvalue weighted by Gasteiger charge is 2.20. The molecule has 3 rings (SSSR count). The van der Waals surface area contributed by atoms with Crippen LogP contribution in [0, 0.1) is 29.5 Å². The number of hydrogen-bond acceptors (Lipinski definition) is 5. The van der Waals surface area contributed by atoms with Gasteiger partial charge in [0.05, 0.1) is 24.4 Å². The first-order valence-corrected chi connectivity index (χ1v) is 10.2. The largest absolute Gasteiger partial charge is 0.390 e. The first kappa shape index (κ1) is 24.6. The van der Waals surface area contributed by atoms with Gasteiger partial charge in [-0.1, -0.05) is 36.4 Å². The number of amides is 1. The number of hydrogen-bond donors (Lipinski definition) is 4. The summed E-state index contributed by atoms with van der Waals surface area (Å²) < 4.78 is 13.6. The fourth-order valence-electron chi connectivity index (χ4n) is 3.04. The molecule has 32 heavy (non-hydrogen) atoms. The number of benzene rings is 2. The molecule has 0 spiro atoms. The molecule has 5 N–H and O–H groups in total. The molecule has 2 aromatic carbocycles. The molecule has 0 radical (unpaired) electrons. The van der Waals surface area contributed by atoms with Crippen LogP contribution in [0.2, 0.25) is 0 Å². The van der Waals surface area contributed by atoms with Gasteiger partial charge in [-0.3, -0.25) is 10.2 Å². The van der Waals surface area contributed by atoms with E-state index in [1.807, 2.05) is 49.2 Å². The second-order valence-corrected chi connectivity index (χ2v) is 7.98. The van der Waals surface area contributed by atoms with E-state index in [1.165, 1.54) is 6.07 Å². The van der Waals surface area contributed by atoms with Crippen molar-refractivity contribution in [3.63, 3.8) is 0 Å². The van der Waals surface area contributed by atoms with Crippen molar-refractivity contribution in [1.82, 2.24) is 15.8 Å². The highest BCUT2D eigenvalue weighted by Crippen LogP contribution is 2.23. The van der Waals surface area contributed by atoms with Crippen LogP contribution < -0.4 is 16.5 Å². The molecule has 0 saturated carbocycles. The number of nitriles is 1. The number of hydrazine groups is 1. The second-order valence-electron chi connectivity index (χ2n) is 7.98. The number of aryl methyl sites for hydroxylation is 1. The highest BCUT2D eigenvalue weighted by atomic mass is 19.1. The minimum absolute atomic E-state index is 0.174. The summed E-state index contributed by atoms with van der Waals surface area (Å²) in [4.78, 5) is 12.4. The molecule has 0 fully saturated rings. The SMILES string of the molecule is Cc1ccc(CNC(=O)C2=CN(Cc3ccc(C(C)(C)C#N)cc3)NC2)cc1F.N=CN. The molecule has 1 amide bonds. The number of nitrogens with one attached hydrogen (secondary N) is 3. The summed E-state index contributed by atoms with van der Waals surface area (Å²) in [5.74, 6) is -0.444. The Bertz CT molecular complexity index is 1020. The number of nitrogens with two attached hydrogens (primary N) is 1. The van der Waals surface area contributed by atoms with Gasteiger partial charge in [-0.05, 0) is 49.1 Å². The van der Waals surface area contributed by atoms with Gasteiger partial charge in [0.25, 0.3) is 0 Å². The van der Waals surface area contributed by atoms with Crippen LogP contribution in [0.1, 0.15) is 36.1 Å². The van der Waals surface area contributed by atoms with Crippen LogP contribution in [0.15, 0.2) is 54.2 Å². The maximum Gasteiger partial charge on any atom is 0.250 e. The van der Waals surface area contributed by atoms with Crippen LogP contribution in [0.25, 0.3) is 0 Å². The zero-order valence-corrected chi connectivity index (χ0v) is 18.6. The van der Waals surface area contributed by atoms with Gasteiger partial charge in [-0.15, -0.1) is 0 Å². The summed E-state index contributed by atoms with van der Waals surface area (Å²) in [5, 5.41) is 19.8. The zero-order valence-electron chi connectivity index (χ0n) is 18.6. The van der Waals surface area contributed by atoms with Crippen molar-refractivity contribution in [2.24, 2.45) is 5.73 Å². The molecule has 0 aliphatic carbocycles. The number of carbonyl (C=O) groups is 1. The van der Waals surface area contributed by atoms with Crippen molar-refractivity contribution in [2.45, 2.75) is 39.3 Å². The third kappa shape index (κ3) is 6.65. The summed E-state index contributed by atoms with van der Waals surface area (Å²) in [6, 6.07) is 15.2. The standard InChI is InChI=1S/C23H25FN4O.CH4N2/c1-16-4-5-18(10-21(16)24)11-26-22(29)19-12-27-28(14-19)13-17-6-8-20(9-7-17)23(2,3)15-25;2-1-3/h4-10,14,27H,11-13H2,1-3H3,(H,26,29);1H,(H3,2,3). The lowest BCUT2D eigenvalue weighted by Crippen LogP contribution is -2.30. The third-order valence-electron chi connectivity index (χ3n) is 5.07. The van der Waals surface area contributed by atoms with E-state index in [2.05, 4.69) is 22.5 Å². The molecule has 1 heterocycles. The quantitative estimate of drug-likeness (QED) is 0.410. The van der Waals surface area contributed by atoms with Crippen molar-refractivity contribution in [3.05, 3.63) is 82.3 Å². The molecular weight excluding hydrogens is 407 g/mol. The minimum Gasteiger partial charge on any atom is -0.390 e. The smallest absolute Gasteiger partial charge is 0.250 e. The van der Waals surface area contributed by atoms with E-state index in [4.69, 9.17) is 5.41 Å². The normalized spacial score (nSPS) is 12.8. The fraction of sp³-hybridized carbons (Fsp3) is 0.292. The van der Waals surface area contributed by atoms with Gasteiger partial charge >= 0.3 is 0 Å². The maximum absolute atomic E-state index is 13.6. The highest BCUT2D eigenvalue weighted by molar-refractivity contribution is 5.94. The van der Waals surface area contributed by atoms with Crippen LogP contribution >= 0.6 is 0 Å². The number of carbonyl (C=O) groups excluding carboxylic acids is 1. The topological polar surface area (TPSA) is 118 Å². The van der Waals surface area contributed by atoms with Crippen molar-refractivity contribution in [2.75, 3.05) is 6.54 Å². The summed E-state index contributed by atoms with van der Waals surface area (Å²) in [5.41, 5.74) is 11.0. The Morgan fingerprint density at radius 1 is 1.31 bits per heavy atom. The molecule has 0 bridgehead atoms. The van der Waals surface area contributed by atoms with Gasteiger partial charge in [-0.2, -0.15) is 5.26 Å². The fourth-order valence-corrected chi connectivity index (χ4v) is 3.04. The summed E-state index contributed by atoms with van der Waals surface area (Å²) >= 11 is 0. The van der Waals surface area contributed by atoms with E-state index >= 15 is 0 Å². The predicted octanol–water partition coefficient (Wildman–Crippen LogP) is 3.01. The Morgan fingerprint density at radius 2 is 1.94 bits per heavy atom. The van der Waals surface area contributed by atoms with Crippen LogP contribution in [0.5, 0.6) is 0 Å².